The van der Waals surface area contributed by atoms with E-state index in [2.05, 4.69) is 5.10 Å². The van der Waals surface area contributed by atoms with Crippen LogP contribution in [0.2, 0.25) is 5.02 Å². The van der Waals surface area contributed by atoms with Crippen molar-refractivity contribution in [3.8, 4) is 11.6 Å². The molecule has 100 valence electrons. The van der Waals surface area contributed by atoms with Crippen molar-refractivity contribution in [1.29, 1.82) is 0 Å². The first-order valence-corrected chi connectivity index (χ1v) is 6.11. The lowest BCUT2D eigenvalue weighted by Gasteiger charge is -2.07. The molecule has 0 fully saturated rings. The van der Waals surface area contributed by atoms with E-state index in [1.165, 1.54) is 17.9 Å². The van der Waals surface area contributed by atoms with Gasteiger partial charge >= 0.3 is 5.97 Å². The Balaban J connectivity index is 2.46. The number of carbonyl (C=O) groups excluding carboxylic acids is 1. The highest BCUT2D eigenvalue weighted by atomic mass is 35.5. The highest BCUT2D eigenvalue weighted by Crippen LogP contribution is 2.25. The van der Waals surface area contributed by atoms with E-state index in [-0.39, 0.29) is 5.69 Å². The molecule has 19 heavy (non-hydrogen) atoms. The molecular formula is C13H13ClN2O3. The first-order chi connectivity index (χ1) is 9.17. The van der Waals surface area contributed by atoms with E-state index in [1.807, 2.05) is 12.1 Å². The van der Waals surface area contributed by atoms with E-state index < -0.39 is 5.97 Å². The SMILES string of the molecule is CCOC(=O)c1cc(OC)n(-c2ccccc2Cl)n1. The predicted molar refractivity (Wildman–Crippen MR) is 71.1 cm³/mol. The summed E-state index contributed by atoms with van der Waals surface area (Å²) in [5.41, 5.74) is 0.815. The number of hydrogen-bond donors (Lipinski definition) is 0. The van der Waals surface area contributed by atoms with Crippen molar-refractivity contribution in [2.24, 2.45) is 0 Å². The van der Waals surface area contributed by atoms with Gasteiger partial charge < -0.3 is 9.47 Å². The van der Waals surface area contributed by atoms with Gasteiger partial charge in [0.1, 0.15) is 0 Å². The van der Waals surface area contributed by atoms with Crippen LogP contribution in [0.15, 0.2) is 30.3 Å². The zero-order chi connectivity index (χ0) is 13.8. The number of para-hydroxylation sites is 1. The van der Waals surface area contributed by atoms with Gasteiger partial charge in [0.15, 0.2) is 5.69 Å². The molecule has 0 aliphatic rings. The molecule has 0 unspecified atom stereocenters. The molecule has 1 heterocycles. The van der Waals surface area contributed by atoms with Crippen LogP contribution in [0.5, 0.6) is 5.88 Å². The van der Waals surface area contributed by atoms with Gasteiger partial charge in [0.25, 0.3) is 0 Å². The van der Waals surface area contributed by atoms with Crippen molar-refractivity contribution in [3.63, 3.8) is 0 Å². The minimum absolute atomic E-state index is 0.179. The lowest BCUT2D eigenvalue weighted by atomic mass is 10.3. The van der Waals surface area contributed by atoms with Crippen molar-refractivity contribution in [3.05, 3.63) is 41.0 Å². The zero-order valence-corrected chi connectivity index (χ0v) is 11.3. The van der Waals surface area contributed by atoms with Crippen molar-refractivity contribution in [2.75, 3.05) is 13.7 Å². The second kappa shape index (κ2) is 5.75. The summed E-state index contributed by atoms with van der Waals surface area (Å²) in [6.45, 7) is 2.03. The number of rotatable bonds is 4. The number of aromatic nitrogens is 2. The Morgan fingerprint density at radius 1 is 1.42 bits per heavy atom. The van der Waals surface area contributed by atoms with Crippen LogP contribution < -0.4 is 4.74 Å². The van der Waals surface area contributed by atoms with Gasteiger partial charge in [-0.2, -0.15) is 9.78 Å². The van der Waals surface area contributed by atoms with Crippen LogP contribution in [0.1, 0.15) is 17.4 Å². The number of halogens is 1. The van der Waals surface area contributed by atoms with Crippen LogP contribution in [0.3, 0.4) is 0 Å². The Bertz CT molecular complexity index is 595. The molecule has 0 saturated heterocycles. The van der Waals surface area contributed by atoms with Gasteiger partial charge in [0, 0.05) is 6.07 Å². The maximum Gasteiger partial charge on any atom is 0.358 e. The van der Waals surface area contributed by atoms with Crippen LogP contribution >= 0.6 is 11.6 Å². The molecule has 0 spiro atoms. The summed E-state index contributed by atoms with van der Waals surface area (Å²) in [4.78, 5) is 11.7. The topological polar surface area (TPSA) is 53.4 Å². The molecule has 0 N–H and O–H groups in total. The summed E-state index contributed by atoms with van der Waals surface area (Å²) >= 11 is 6.11. The number of esters is 1. The van der Waals surface area contributed by atoms with Crippen molar-refractivity contribution in [1.82, 2.24) is 9.78 Å². The number of ether oxygens (including phenoxy) is 2. The lowest BCUT2D eigenvalue weighted by Crippen LogP contribution is -2.07. The molecule has 0 bridgehead atoms. The monoisotopic (exact) mass is 280 g/mol. The fourth-order valence-electron chi connectivity index (χ4n) is 1.61. The van der Waals surface area contributed by atoms with Crippen molar-refractivity contribution < 1.29 is 14.3 Å². The number of hydrogen-bond acceptors (Lipinski definition) is 4. The molecule has 0 aliphatic heterocycles. The van der Waals surface area contributed by atoms with Crippen LogP contribution in [0, 0.1) is 0 Å². The molecule has 0 atom stereocenters. The minimum Gasteiger partial charge on any atom is -0.481 e. The van der Waals surface area contributed by atoms with Gasteiger partial charge in [0.05, 0.1) is 24.4 Å². The van der Waals surface area contributed by atoms with E-state index in [4.69, 9.17) is 21.1 Å². The summed E-state index contributed by atoms with van der Waals surface area (Å²) < 4.78 is 11.6. The van der Waals surface area contributed by atoms with Crippen LogP contribution in [0.25, 0.3) is 5.69 Å². The van der Waals surface area contributed by atoms with Crippen LogP contribution in [-0.2, 0) is 4.74 Å². The standard InChI is InChI=1S/C13H13ClN2O3/c1-3-19-13(17)10-8-12(18-2)16(15-10)11-7-5-4-6-9(11)14/h4-8H,3H2,1-2H3. The highest BCUT2D eigenvalue weighted by Gasteiger charge is 2.17. The number of nitrogens with zero attached hydrogens (tertiary/aromatic N) is 2. The van der Waals surface area contributed by atoms with Crippen LogP contribution in [0.4, 0.5) is 0 Å². The number of methoxy groups -OCH3 is 1. The van der Waals surface area contributed by atoms with Gasteiger partial charge in [-0.1, -0.05) is 23.7 Å². The molecule has 0 aliphatic carbocycles. The molecule has 2 aromatic rings. The minimum atomic E-state index is -0.494. The first kappa shape index (κ1) is 13.4. The summed E-state index contributed by atoms with van der Waals surface area (Å²) in [7, 11) is 1.50. The normalized spacial score (nSPS) is 10.3. The van der Waals surface area contributed by atoms with E-state index in [0.29, 0.717) is 23.2 Å². The third-order valence-corrected chi connectivity index (χ3v) is 2.77. The molecule has 5 nitrogen and oxygen atoms in total. The Morgan fingerprint density at radius 2 is 2.16 bits per heavy atom. The van der Waals surface area contributed by atoms with Gasteiger partial charge in [-0.25, -0.2) is 4.79 Å². The number of benzene rings is 1. The maximum absolute atomic E-state index is 11.7. The van der Waals surface area contributed by atoms with E-state index in [9.17, 15) is 4.79 Å². The third-order valence-electron chi connectivity index (χ3n) is 2.45. The lowest BCUT2D eigenvalue weighted by molar-refractivity contribution is 0.0519. The Morgan fingerprint density at radius 3 is 2.79 bits per heavy atom. The average Bonchev–Trinajstić information content (AvgIpc) is 2.83. The summed E-state index contributed by atoms with van der Waals surface area (Å²) in [5.74, 6) is -0.0808. The van der Waals surface area contributed by atoms with Crippen molar-refractivity contribution >= 4 is 17.6 Å². The molecule has 0 amide bonds. The Labute approximate surface area is 115 Å². The van der Waals surface area contributed by atoms with E-state index in [1.54, 1.807) is 19.1 Å². The third kappa shape index (κ3) is 2.71. The highest BCUT2D eigenvalue weighted by molar-refractivity contribution is 6.32. The first-order valence-electron chi connectivity index (χ1n) is 5.73. The van der Waals surface area contributed by atoms with E-state index >= 15 is 0 Å². The average molecular weight is 281 g/mol. The maximum atomic E-state index is 11.7. The van der Waals surface area contributed by atoms with Gasteiger partial charge in [-0.3, -0.25) is 0 Å². The van der Waals surface area contributed by atoms with Crippen molar-refractivity contribution in [2.45, 2.75) is 6.92 Å². The zero-order valence-electron chi connectivity index (χ0n) is 10.6. The van der Waals surface area contributed by atoms with Crippen LogP contribution in [-0.4, -0.2) is 29.5 Å². The molecule has 0 radical (unpaired) electrons. The summed E-state index contributed by atoms with van der Waals surface area (Å²) in [6.07, 6.45) is 0. The molecular weight excluding hydrogens is 268 g/mol. The van der Waals surface area contributed by atoms with Gasteiger partial charge in [-0.15, -0.1) is 0 Å². The Hall–Kier alpha value is -2.01. The van der Waals surface area contributed by atoms with Gasteiger partial charge in [-0.05, 0) is 19.1 Å². The quantitative estimate of drug-likeness (QED) is 0.808. The molecule has 2 rings (SSSR count). The molecule has 1 aromatic carbocycles. The molecule has 1 aromatic heterocycles. The molecule has 6 heteroatoms. The fraction of sp³-hybridized carbons (Fsp3) is 0.231. The smallest absolute Gasteiger partial charge is 0.358 e. The Kier molecular flexibility index (Phi) is 4.06. The summed E-state index contributed by atoms with van der Waals surface area (Å²) in [5, 5.41) is 4.68. The fourth-order valence-corrected chi connectivity index (χ4v) is 1.83. The van der Waals surface area contributed by atoms with Gasteiger partial charge in [0.2, 0.25) is 5.88 Å². The molecule has 0 saturated carbocycles. The number of carbonyl (C=O) groups is 1. The summed E-state index contributed by atoms with van der Waals surface area (Å²) in [6, 6.07) is 8.68. The van der Waals surface area contributed by atoms with E-state index in [0.717, 1.165) is 0 Å². The predicted octanol–water partition coefficient (Wildman–Crippen LogP) is 2.71. The second-order valence-corrected chi connectivity index (χ2v) is 4.06. The second-order valence-electron chi connectivity index (χ2n) is 3.66. The largest absolute Gasteiger partial charge is 0.481 e.